The molecule has 0 spiro atoms. The van der Waals surface area contributed by atoms with E-state index >= 15 is 0 Å². The Bertz CT molecular complexity index is 1430. The summed E-state index contributed by atoms with van der Waals surface area (Å²) in [6, 6.07) is 11.3. The van der Waals surface area contributed by atoms with E-state index in [0.29, 0.717) is 10.9 Å². The summed E-state index contributed by atoms with van der Waals surface area (Å²) in [6.45, 7) is 5.47. The number of halogens is 2. The van der Waals surface area contributed by atoms with Gasteiger partial charge >= 0.3 is 6.09 Å². The standard InChI is InChI=1S/C26H25Br2N3O4/c1-26(2,3)35-25(34)31-11-14(19-12-29-21-6-4-15(27)9-17(19)21)8-23(32)24(33)20-13-30-22-7-5-16(28)10-18(20)22/h4-7,9-10,12-14,29-30H,8,11H2,1-3H3,(H,31,34). The van der Waals surface area contributed by atoms with E-state index in [1.165, 1.54) is 0 Å². The van der Waals surface area contributed by atoms with Crippen LogP contribution in [0.2, 0.25) is 0 Å². The first-order valence-electron chi connectivity index (χ1n) is 11.1. The number of carbonyl (C=O) groups excluding carboxylic acids is 3. The first-order valence-corrected chi connectivity index (χ1v) is 12.7. The third-order valence-corrected chi connectivity index (χ3v) is 6.57. The number of carbonyl (C=O) groups is 3. The SMILES string of the molecule is CC(C)(C)OC(=O)NCC(CC(=O)C(=O)c1c[nH]c2ccc(Br)cc12)c1c[nH]c2ccc(Br)cc12. The zero-order valence-corrected chi connectivity index (χ0v) is 22.7. The minimum absolute atomic E-state index is 0.0746. The normalized spacial score (nSPS) is 12.6. The average Bonchev–Trinajstić information content (AvgIpc) is 3.38. The van der Waals surface area contributed by atoms with Crippen molar-refractivity contribution in [3.05, 3.63) is 68.9 Å². The van der Waals surface area contributed by atoms with Crippen LogP contribution in [0.25, 0.3) is 21.8 Å². The van der Waals surface area contributed by atoms with Crippen LogP contribution in [-0.2, 0) is 9.53 Å². The molecule has 35 heavy (non-hydrogen) atoms. The highest BCUT2D eigenvalue weighted by atomic mass is 79.9. The van der Waals surface area contributed by atoms with Gasteiger partial charge < -0.3 is 20.0 Å². The van der Waals surface area contributed by atoms with Crippen molar-refractivity contribution in [2.24, 2.45) is 0 Å². The summed E-state index contributed by atoms with van der Waals surface area (Å²) in [5.41, 5.74) is 2.17. The van der Waals surface area contributed by atoms with E-state index in [2.05, 4.69) is 47.1 Å². The summed E-state index contributed by atoms with van der Waals surface area (Å²) in [5, 5.41) is 4.35. The number of aromatic amines is 2. The first kappa shape index (κ1) is 25.2. The van der Waals surface area contributed by atoms with Crippen LogP contribution < -0.4 is 5.32 Å². The summed E-state index contributed by atoms with van der Waals surface area (Å²) in [7, 11) is 0. The number of ether oxygens (including phenoxy) is 1. The second-order valence-electron chi connectivity index (χ2n) is 9.36. The molecule has 0 aliphatic carbocycles. The largest absolute Gasteiger partial charge is 0.444 e. The highest BCUT2D eigenvalue weighted by Gasteiger charge is 2.27. The molecule has 1 atom stereocenters. The van der Waals surface area contributed by atoms with Crippen molar-refractivity contribution in [3.8, 4) is 0 Å². The van der Waals surface area contributed by atoms with Gasteiger partial charge in [0.1, 0.15) is 5.60 Å². The Hall–Kier alpha value is -2.91. The Balaban J connectivity index is 1.61. The molecule has 2 aromatic heterocycles. The number of ketones is 2. The summed E-state index contributed by atoms with van der Waals surface area (Å²) in [4.78, 5) is 45.0. The number of fused-ring (bicyclic) bond motifs is 2. The zero-order chi connectivity index (χ0) is 25.3. The van der Waals surface area contributed by atoms with Gasteiger partial charge in [0.25, 0.3) is 0 Å². The monoisotopic (exact) mass is 601 g/mol. The molecule has 4 rings (SSSR count). The van der Waals surface area contributed by atoms with Crippen molar-refractivity contribution in [1.29, 1.82) is 0 Å². The number of rotatable bonds is 7. The molecule has 3 N–H and O–H groups in total. The van der Waals surface area contributed by atoms with Crippen LogP contribution in [0.15, 0.2) is 57.7 Å². The summed E-state index contributed by atoms with van der Waals surface area (Å²) >= 11 is 6.91. The average molecular weight is 603 g/mol. The van der Waals surface area contributed by atoms with E-state index in [4.69, 9.17) is 4.74 Å². The van der Waals surface area contributed by atoms with Crippen LogP contribution in [0, 0.1) is 0 Å². The molecule has 4 aromatic rings. The molecular weight excluding hydrogens is 578 g/mol. The molecule has 0 aliphatic heterocycles. The third-order valence-electron chi connectivity index (χ3n) is 5.58. The maximum atomic E-state index is 13.2. The highest BCUT2D eigenvalue weighted by molar-refractivity contribution is 9.10. The van der Waals surface area contributed by atoms with Gasteiger partial charge in [-0.1, -0.05) is 31.9 Å². The number of alkyl carbamates (subject to hydrolysis) is 1. The van der Waals surface area contributed by atoms with Gasteiger partial charge in [-0.05, 0) is 62.7 Å². The molecule has 1 amide bonds. The van der Waals surface area contributed by atoms with Crippen LogP contribution in [0.3, 0.4) is 0 Å². The Morgan fingerprint density at radius 3 is 2.20 bits per heavy atom. The van der Waals surface area contributed by atoms with E-state index in [1.807, 2.05) is 42.6 Å². The lowest BCUT2D eigenvalue weighted by Crippen LogP contribution is -2.35. The van der Waals surface area contributed by atoms with Crippen LogP contribution in [0.5, 0.6) is 0 Å². The molecule has 2 heterocycles. The molecule has 0 radical (unpaired) electrons. The predicted molar refractivity (Wildman–Crippen MR) is 143 cm³/mol. The number of nitrogens with one attached hydrogen (secondary N) is 3. The fourth-order valence-electron chi connectivity index (χ4n) is 4.01. The lowest BCUT2D eigenvalue weighted by molar-refractivity contribution is -0.115. The van der Waals surface area contributed by atoms with Crippen molar-refractivity contribution in [1.82, 2.24) is 15.3 Å². The van der Waals surface area contributed by atoms with Crippen molar-refractivity contribution in [3.63, 3.8) is 0 Å². The molecule has 0 saturated heterocycles. The number of aromatic nitrogens is 2. The Labute approximate surface area is 219 Å². The second kappa shape index (κ2) is 9.99. The van der Waals surface area contributed by atoms with Crippen LogP contribution in [0.1, 0.15) is 49.0 Å². The lowest BCUT2D eigenvalue weighted by atomic mass is 9.90. The Morgan fingerprint density at radius 1 is 0.943 bits per heavy atom. The fourth-order valence-corrected chi connectivity index (χ4v) is 4.73. The van der Waals surface area contributed by atoms with Crippen LogP contribution in [-0.4, -0.2) is 39.8 Å². The van der Waals surface area contributed by atoms with Gasteiger partial charge in [-0.15, -0.1) is 0 Å². The highest BCUT2D eigenvalue weighted by Crippen LogP contribution is 2.31. The molecule has 0 fully saturated rings. The van der Waals surface area contributed by atoms with Crippen molar-refractivity contribution < 1.29 is 19.1 Å². The second-order valence-corrected chi connectivity index (χ2v) is 11.2. The van der Waals surface area contributed by atoms with E-state index in [1.54, 1.807) is 27.0 Å². The lowest BCUT2D eigenvalue weighted by Gasteiger charge is -2.22. The zero-order valence-electron chi connectivity index (χ0n) is 19.5. The number of amides is 1. The third kappa shape index (κ3) is 5.85. The number of hydrogen-bond donors (Lipinski definition) is 3. The van der Waals surface area contributed by atoms with Gasteiger partial charge in [0.2, 0.25) is 11.6 Å². The molecular formula is C26H25Br2N3O4. The number of Topliss-reactive ketones (excluding diaryl/α,β-unsaturated/α-hetero) is 2. The molecule has 7 nitrogen and oxygen atoms in total. The summed E-state index contributed by atoms with van der Waals surface area (Å²) < 4.78 is 7.06. The molecule has 182 valence electrons. The van der Waals surface area contributed by atoms with Crippen molar-refractivity contribution in [2.75, 3.05) is 6.54 Å². The van der Waals surface area contributed by atoms with Gasteiger partial charge in [-0.25, -0.2) is 4.79 Å². The van der Waals surface area contributed by atoms with E-state index in [-0.39, 0.29) is 13.0 Å². The summed E-state index contributed by atoms with van der Waals surface area (Å²) in [5.74, 6) is -1.55. The van der Waals surface area contributed by atoms with Gasteiger partial charge in [0, 0.05) is 62.0 Å². The minimum Gasteiger partial charge on any atom is -0.444 e. The minimum atomic E-state index is -0.652. The van der Waals surface area contributed by atoms with E-state index < -0.39 is 29.2 Å². The Morgan fingerprint density at radius 2 is 1.54 bits per heavy atom. The van der Waals surface area contributed by atoms with Crippen LogP contribution >= 0.6 is 31.9 Å². The van der Waals surface area contributed by atoms with Crippen LogP contribution in [0.4, 0.5) is 4.79 Å². The van der Waals surface area contributed by atoms with Crippen molar-refractivity contribution in [2.45, 2.75) is 38.7 Å². The Kier molecular flexibility index (Phi) is 7.19. The number of hydrogen-bond acceptors (Lipinski definition) is 4. The maximum Gasteiger partial charge on any atom is 0.407 e. The topological polar surface area (TPSA) is 104 Å². The van der Waals surface area contributed by atoms with Gasteiger partial charge in [-0.3, -0.25) is 9.59 Å². The molecule has 9 heteroatoms. The number of benzene rings is 2. The van der Waals surface area contributed by atoms with Crippen molar-refractivity contribution >= 4 is 71.3 Å². The maximum absolute atomic E-state index is 13.2. The molecule has 2 aromatic carbocycles. The molecule has 1 unspecified atom stereocenters. The molecule has 0 saturated carbocycles. The van der Waals surface area contributed by atoms with Gasteiger partial charge in [-0.2, -0.15) is 0 Å². The van der Waals surface area contributed by atoms with Gasteiger partial charge in [0.05, 0.1) is 5.56 Å². The first-order chi connectivity index (χ1) is 16.5. The summed E-state index contributed by atoms with van der Waals surface area (Å²) in [6.07, 6.45) is 2.73. The van der Waals surface area contributed by atoms with Gasteiger partial charge in [0.15, 0.2) is 0 Å². The smallest absolute Gasteiger partial charge is 0.407 e. The quantitative estimate of drug-likeness (QED) is 0.163. The fraction of sp³-hybridized carbons (Fsp3) is 0.269. The molecule has 0 aliphatic rings. The molecule has 0 bridgehead atoms. The van der Waals surface area contributed by atoms with E-state index in [0.717, 1.165) is 30.9 Å². The predicted octanol–water partition coefficient (Wildman–Crippen LogP) is 6.62. The number of H-pyrrole nitrogens is 2. The van der Waals surface area contributed by atoms with E-state index in [9.17, 15) is 14.4 Å².